The summed E-state index contributed by atoms with van der Waals surface area (Å²) in [4.78, 5) is 41.6. The lowest BCUT2D eigenvalue weighted by atomic mass is 10.0. The first kappa shape index (κ1) is 23.9. The minimum absolute atomic E-state index is 0.0161. The van der Waals surface area contributed by atoms with Crippen molar-refractivity contribution >= 4 is 45.1 Å². The Morgan fingerprint density at radius 1 is 0.972 bits per heavy atom. The molecule has 0 bridgehead atoms. The van der Waals surface area contributed by atoms with E-state index in [4.69, 9.17) is 0 Å². The van der Waals surface area contributed by atoms with Crippen molar-refractivity contribution in [2.75, 3.05) is 49.6 Å². The molecule has 1 aliphatic heterocycles. The molecule has 4 aromatic rings. The second kappa shape index (κ2) is 10.0. The van der Waals surface area contributed by atoms with Gasteiger partial charge in [0, 0.05) is 43.7 Å². The van der Waals surface area contributed by atoms with Gasteiger partial charge in [-0.25, -0.2) is 4.98 Å². The first-order valence-corrected chi connectivity index (χ1v) is 12.6. The number of aliphatic hydroxyl groups is 1. The van der Waals surface area contributed by atoms with E-state index in [0.717, 1.165) is 32.0 Å². The summed E-state index contributed by atoms with van der Waals surface area (Å²) < 4.78 is 0. The lowest BCUT2D eigenvalue weighted by Gasteiger charge is -2.36. The highest BCUT2D eigenvalue weighted by Crippen LogP contribution is 2.33. The molecule has 36 heavy (non-hydrogen) atoms. The van der Waals surface area contributed by atoms with Gasteiger partial charge in [-0.15, -0.1) is 11.3 Å². The molecule has 2 aromatic carbocycles. The van der Waals surface area contributed by atoms with E-state index >= 15 is 0 Å². The van der Waals surface area contributed by atoms with Crippen molar-refractivity contribution in [1.82, 2.24) is 14.9 Å². The molecule has 0 saturated carbocycles. The van der Waals surface area contributed by atoms with Gasteiger partial charge >= 0.3 is 0 Å². The third-order valence-corrected chi connectivity index (χ3v) is 7.34. The number of likely N-dealkylation sites (N-methyl/N-ethyl adjacent to an activating group) is 1. The van der Waals surface area contributed by atoms with Crippen LogP contribution in [0.15, 0.2) is 60.7 Å². The number of piperazine rings is 1. The summed E-state index contributed by atoms with van der Waals surface area (Å²) in [7, 11) is 1.56. The number of rotatable bonds is 5. The number of carbonyl (C=O) groups excluding carboxylic acids is 2. The lowest BCUT2D eigenvalue weighted by Crippen LogP contribution is -2.49. The van der Waals surface area contributed by atoms with Crippen LogP contribution in [0.5, 0.6) is 0 Å². The Labute approximate surface area is 213 Å². The number of fused-ring (bicyclic) bond motifs is 1. The quantitative estimate of drug-likeness (QED) is 0.450. The molecule has 0 aliphatic carbocycles. The molecule has 0 radical (unpaired) electrons. The zero-order valence-electron chi connectivity index (χ0n) is 20.2. The van der Waals surface area contributed by atoms with Crippen LogP contribution in [0.2, 0.25) is 0 Å². The number of carbonyl (C=O) groups is 2. The van der Waals surface area contributed by atoms with E-state index in [-0.39, 0.29) is 11.9 Å². The minimum Gasteiger partial charge on any atom is -0.387 e. The smallest absolute Gasteiger partial charge is 0.254 e. The third-order valence-electron chi connectivity index (χ3n) is 6.40. The number of hydrogen-bond donors (Lipinski definition) is 1. The second-order valence-electron chi connectivity index (χ2n) is 8.76. The summed E-state index contributed by atoms with van der Waals surface area (Å²) in [6.45, 7) is 3.77. The average molecular weight is 502 g/mol. The Bertz CT molecular complexity index is 1400. The van der Waals surface area contributed by atoms with Crippen molar-refractivity contribution in [3.8, 4) is 11.1 Å². The molecule has 8 nitrogen and oxygen atoms in total. The number of benzene rings is 2. The molecule has 1 fully saturated rings. The monoisotopic (exact) mass is 501 g/mol. The van der Waals surface area contributed by atoms with E-state index in [2.05, 4.69) is 33.1 Å². The summed E-state index contributed by atoms with van der Waals surface area (Å²) in [5.41, 5.74) is 2.87. The van der Waals surface area contributed by atoms with Crippen LogP contribution in [0.4, 0.5) is 11.8 Å². The number of thiophene rings is 1. The summed E-state index contributed by atoms with van der Waals surface area (Å²) in [6.07, 6.45) is 0. The van der Waals surface area contributed by atoms with Crippen molar-refractivity contribution in [1.29, 1.82) is 0 Å². The molecule has 0 spiro atoms. The fraction of sp³-hybridized carbons (Fsp3) is 0.259. The van der Waals surface area contributed by atoms with Crippen molar-refractivity contribution < 1.29 is 14.7 Å². The molecule has 5 rings (SSSR count). The largest absolute Gasteiger partial charge is 0.387 e. The predicted molar refractivity (Wildman–Crippen MR) is 143 cm³/mol. The highest BCUT2D eigenvalue weighted by atomic mass is 32.1. The molecule has 0 unspecified atom stereocenters. The highest BCUT2D eigenvalue weighted by molar-refractivity contribution is 7.18. The van der Waals surface area contributed by atoms with Crippen LogP contribution in [0.1, 0.15) is 15.2 Å². The topological polar surface area (TPSA) is 89.9 Å². The number of aromatic nitrogens is 2. The minimum atomic E-state index is -0.607. The van der Waals surface area contributed by atoms with Crippen LogP contribution in [0, 0.1) is 6.92 Å². The molecule has 1 N–H and O–H groups in total. The number of aliphatic hydroxyl groups excluding tert-OH is 1. The summed E-state index contributed by atoms with van der Waals surface area (Å²) in [5.74, 6) is 0.552. The van der Waals surface area contributed by atoms with Gasteiger partial charge in [0.2, 0.25) is 5.95 Å². The maximum Gasteiger partial charge on any atom is 0.254 e. The second-order valence-corrected chi connectivity index (χ2v) is 9.99. The van der Waals surface area contributed by atoms with Crippen LogP contribution >= 0.6 is 11.3 Å². The number of amides is 2. The number of nitrogens with zero attached hydrogens (tertiary/aromatic N) is 5. The van der Waals surface area contributed by atoms with Crippen molar-refractivity contribution in [3.05, 3.63) is 71.1 Å². The van der Waals surface area contributed by atoms with Crippen LogP contribution in [-0.4, -0.2) is 71.6 Å². The molecule has 184 valence electrons. The van der Waals surface area contributed by atoms with E-state index in [1.807, 2.05) is 54.3 Å². The van der Waals surface area contributed by atoms with Crippen molar-refractivity contribution in [2.45, 2.75) is 6.92 Å². The Kier molecular flexibility index (Phi) is 6.67. The van der Waals surface area contributed by atoms with Gasteiger partial charge < -0.3 is 14.9 Å². The van der Waals surface area contributed by atoms with Gasteiger partial charge in [0.15, 0.2) is 0 Å². The third kappa shape index (κ3) is 4.67. The molecule has 2 amide bonds. The number of hydrogen-bond acceptors (Lipinski definition) is 7. The van der Waals surface area contributed by atoms with E-state index < -0.39 is 12.5 Å². The van der Waals surface area contributed by atoms with Crippen LogP contribution in [0.25, 0.3) is 21.3 Å². The Balaban J connectivity index is 1.32. The molecule has 9 heteroatoms. The maximum atomic E-state index is 13.2. The van der Waals surface area contributed by atoms with E-state index in [9.17, 15) is 14.7 Å². The van der Waals surface area contributed by atoms with Crippen LogP contribution in [-0.2, 0) is 4.79 Å². The van der Waals surface area contributed by atoms with Gasteiger partial charge in [0.25, 0.3) is 11.8 Å². The molecule has 1 aliphatic rings. The normalized spacial score (nSPS) is 13.8. The van der Waals surface area contributed by atoms with Crippen LogP contribution in [0.3, 0.4) is 0 Å². The van der Waals surface area contributed by atoms with Crippen molar-refractivity contribution in [3.63, 3.8) is 0 Å². The van der Waals surface area contributed by atoms with Gasteiger partial charge in [0.05, 0.1) is 5.39 Å². The number of anilines is 2. The van der Waals surface area contributed by atoms with Gasteiger partial charge in [0.1, 0.15) is 17.3 Å². The first-order valence-electron chi connectivity index (χ1n) is 11.8. The summed E-state index contributed by atoms with van der Waals surface area (Å²) >= 11 is 1.54. The Hall–Kier alpha value is -3.82. The molecular weight excluding hydrogens is 474 g/mol. The molecule has 1 saturated heterocycles. The van der Waals surface area contributed by atoms with Gasteiger partial charge in [-0.05, 0) is 36.2 Å². The fourth-order valence-electron chi connectivity index (χ4n) is 4.36. The average Bonchev–Trinajstić information content (AvgIpc) is 3.32. The van der Waals surface area contributed by atoms with E-state index in [0.29, 0.717) is 31.7 Å². The van der Waals surface area contributed by atoms with Gasteiger partial charge in [-0.2, -0.15) is 4.98 Å². The predicted octanol–water partition coefficient (Wildman–Crippen LogP) is 3.58. The Morgan fingerprint density at radius 2 is 1.64 bits per heavy atom. The Morgan fingerprint density at radius 3 is 2.31 bits per heavy atom. The maximum absolute atomic E-state index is 13.2. The van der Waals surface area contributed by atoms with E-state index in [1.165, 1.54) is 4.90 Å². The van der Waals surface area contributed by atoms with Crippen molar-refractivity contribution in [2.24, 2.45) is 0 Å². The lowest BCUT2D eigenvalue weighted by molar-refractivity contribution is -0.121. The molecule has 2 aromatic heterocycles. The van der Waals surface area contributed by atoms with Crippen LogP contribution < -0.4 is 9.80 Å². The molecular formula is C27H27N5O3S. The zero-order valence-corrected chi connectivity index (χ0v) is 21.0. The highest BCUT2D eigenvalue weighted by Gasteiger charge is 2.26. The molecule has 0 atom stereocenters. The van der Waals surface area contributed by atoms with Gasteiger partial charge in [-0.3, -0.25) is 14.5 Å². The number of aryl methyl sites for hydroxylation is 1. The first-order chi connectivity index (χ1) is 17.4. The molecule has 3 heterocycles. The fourth-order valence-corrected chi connectivity index (χ4v) is 5.23. The van der Waals surface area contributed by atoms with E-state index in [1.54, 1.807) is 18.4 Å². The standard InChI is InChI=1S/C27H27N5O3S/c1-18-16-22-24(28-27(29-25(22)36-18)30(2)23(34)17-33)31-12-14-32(15-13-31)26(35)21-10-8-20(9-11-21)19-6-4-3-5-7-19/h3-11,16,33H,12-15,17H2,1-2H3. The summed E-state index contributed by atoms with van der Waals surface area (Å²) in [6, 6.07) is 19.9. The zero-order chi connectivity index (χ0) is 25.2. The van der Waals surface area contributed by atoms with Gasteiger partial charge in [-0.1, -0.05) is 42.5 Å². The SMILES string of the molecule is Cc1cc2c(N3CCN(C(=O)c4ccc(-c5ccccc5)cc4)CC3)nc(N(C)C(=O)CO)nc2s1. The summed E-state index contributed by atoms with van der Waals surface area (Å²) in [5, 5.41) is 10.2.